The molecular formula is C13H17NO. The predicted octanol–water partition coefficient (Wildman–Crippen LogP) is 2.21. The van der Waals surface area contributed by atoms with E-state index in [4.69, 9.17) is 0 Å². The third-order valence-electron chi connectivity index (χ3n) is 3.35. The molecule has 2 heteroatoms. The van der Waals surface area contributed by atoms with Crippen LogP contribution in [0.15, 0.2) is 24.3 Å². The van der Waals surface area contributed by atoms with E-state index in [0.717, 1.165) is 32.1 Å². The molecule has 0 radical (unpaired) electrons. The molecular weight excluding hydrogens is 186 g/mol. The first-order valence-electron chi connectivity index (χ1n) is 5.52. The lowest BCUT2D eigenvalue weighted by atomic mass is 10.00. The molecule has 2 rings (SSSR count). The molecule has 0 unspecified atom stereocenters. The first kappa shape index (κ1) is 10.2. The van der Waals surface area contributed by atoms with Crippen molar-refractivity contribution in [3.63, 3.8) is 0 Å². The average Bonchev–Trinajstić information content (AvgIpc) is 2.98. The van der Waals surface area contributed by atoms with Gasteiger partial charge in [-0.15, -0.1) is 0 Å². The molecule has 1 N–H and O–H groups in total. The van der Waals surface area contributed by atoms with E-state index in [1.807, 2.05) is 0 Å². The minimum absolute atomic E-state index is 0.129. The normalized spacial score (nSPS) is 17.1. The van der Waals surface area contributed by atoms with E-state index in [-0.39, 0.29) is 5.54 Å². The van der Waals surface area contributed by atoms with Gasteiger partial charge in [0.15, 0.2) is 0 Å². The Kier molecular flexibility index (Phi) is 2.76. The molecule has 0 atom stereocenters. The molecule has 0 aliphatic heterocycles. The number of aryl methyl sites for hydroxylation is 2. The van der Waals surface area contributed by atoms with Gasteiger partial charge in [-0.2, -0.15) is 0 Å². The summed E-state index contributed by atoms with van der Waals surface area (Å²) < 4.78 is 0. The molecule has 1 aliphatic carbocycles. The largest absolute Gasteiger partial charge is 0.353 e. The smallest absolute Gasteiger partial charge is 0.207 e. The second kappa shape index (κ2) is 4.05. The van der Waals surface area contributed by atoms with Crippen LogP contribution in [-0.4, -0.2) is 11.9 Å². The van der Waals surface area contributed by atoms with Crippen LogP contribution in [0, 0.1) is 6.92 Å². The molecule has 2 nitrogen and oxygen atoms in total. The van der Waals surface area contributed by atoms with Crippen molar-refractivity contribution in [3.05, 3.63) is 35.4 Å². The number of rotatable bonds is 5. The molecule has 0 saturated heterocycles. The highest BCUT2D eigenvalue weighted by Gasteiger charge is 2.41. The van der Waals surface area contributed by atoms with E-state index in [1.54, 1.807) is 0 Å². The first-order valence-corrected chi connectivity index (χ1v) is 5.52. The fourth-order valence-electron chi connectivity index (χ4n) is 2.01. The molecule has 0 spiro atoms. The number of hydrogen-bond acceptors (Lipinski definition) is 1. The van der Waals surface area contributed by atoms with Gasteiger partial charge in [-0.3, -0.25) is 4.79 Å². The van der Waals surface area contributed by atoms with Crippen LogP contribution in [0.3, 0.4) is 0 Å². The summed E-state index contributed by atoms with van der Waals surface area (Å²) in [5, 5.41) is 2.94. The molecule has 0 heterocycles. The lowest BCUT2D eigenvalue weighted by Gasteiger charge is -2.14. The molecule has 15 heavy (non-hydrogen) atoms. The molecule has 1 saturated carbocycles. The van der Waals surface area contributed by atoms with E-state index >= 15 is 0 Å². The molecule has 1 aromatic rings. The molecule has 0 bridgehead atoms. The Morgan fingerprint density at radius 1 is 1.40 bits per heavy atom. The Labute approximate surface area is 90.7 Å². The molecule has 1 aromatic carbocycles. The van der Waals surface area contributed by atoms with Gasteiger partial charge >= 0.3 is 0 Å². The number of carbonyl (C=O) groups excluding carboxylic acids is 1. The van der Waals surface area contributed by atoms with Crippen molar-refractivity contribution < 1.29 is 4.79 Å². The fourth-order valence-corrected chi connectivity index (χ4v) is 2.01. The quantitative estimate of drug-likeness (QED) is 0.730. The molecule has 1 amide bonds. The highest BCUT2D eigenvalue weighted by molar-refractivity contribution is 5.49. The lowest BCUT2D eigenvalue weighted by Crippen LogP contribution is -2.30. The van der Waals surface area contributed by atoms with Gasteiger partial charge in [0.05, 0.1) is 0 Å². The van der Waals surface area contributed by atoms with Crippen LogP contribution in [-0.2, 0) is 11.2 Å². The van der Waals surface area contributed by atoms with Crippen LogP contribution in [0.5, 0.6) is 0 Å². The first-order chi connectivity index (χ1) is 7.26. The number of benzene rings is 1. The van der Waals surface area contributed by atoms with Gasteiger partial charge in [-0.05, 0) is 43.7 Å². The SMILES string of the molecule is Cc1ccccc1CCC1(NC=O)CC1. The van der Waals surface area contributed by atoms with Crippen LogP contribution in [0.4, 0.5) is 0 Å². The van der Waals surface area contributed by atoms with Crippen molar-refractivity contribution >= 4 is 6.41 Å². The van der Waals surface area contributed by atoms with Crippen molar-refractivity contribution in [1.29, 1.82) is 0 Å². The zero-order chi connectivity index (χ0) is 10.7. The van der Waals surface area contributed by atoms with Crippen molar-refractivity contribution in [2.24, 2.45) is 0 Å². The average molecular weight is 203 g/mol. The summed E-state index contributed by atoms with van der Waals surface area (Å²) in [6.07, 6.45) is 5.24. The highest BCUT2D eigenvalue weighted by Crippen LogP contribution is 2.39. The maximum atomic E-state index is 10.4. The fraction of sp³-hybridized carbons (Fsp3) is 0.462. The Balaban J connectivity index is 1.93. The third-order valence-corrected chi connectivity index (χ3v) is 3.35. The molecule has 1 fully saturated rings. The van der Waals surface area contributed by atoms with Crippen LogP contribution < -0.4 is 5.32 Å². The van der Waals surface area contributed by atoms with E-state index in [9.17, 15) is 4.79 Å². The van der Waals surface area contributed by atoms with Crippen molar-refractivity contribution in [2.75, 3.05) is 0 Å². The Morgan fingerprint density at radius 3 is 2.73 bits per heavy atom. The molecule has 1 aliphatic rings. The van der Waals surface area contributed by atoms with Crippen LogP contribution >= 0.6 is 0 Å². The van der Waals surface area contributed by atoms with E-state index in [0.29, 0.717) is 0 Å². The number of hydrogen-bond donors (Lipinski definition) is 1. The second-order valence-electron chi connectivity index (χ2n) is 4.47. The van der Waals surface area contributed by atoms with Gasteiger partial charge in [0.25, 0.3) is 0 Å². The Hall–Kier alpha value is -1.31. The number of carbonyl (C=O) groups is 1. The van der Waals surface area contributed by atoms with Crippen molar-refractivity contribution in [2.45, 2.75) is 38.1 Å². The summed E-state index contributed by atoms with van der Waals surface area (Å²) in [5.74, 6) is 0. The second-order valence-corrected chi connectivity index (χ2v) is 4.47. The monoisotopic (exact) mass is 203 g/mol. The van der Waals surface area contributed by atoms with Crippen LogP contribution in [0.2, 0.25) is 0 Å². The Bertz CT molecular complexity index is 355. The van der Waals surface area contributed by atoms with Crippen molar-refractivity contribution in [3.8, 4) is 0 Å². The maximum Gasteiger partial charge on any atom is 0.207 e. The van der Waals surface area contributed by atoms with Gasteiger partial charge in [-0.1, -0.05) is 24.3 Å². The zero-order valence-electron chi connectivity index (χ0n) is 9.12. The van der Waals surface area contributed by atoms with Gasteiger partial charge in [0.2, 0.25) is 6.41 Å². The lowest BCUT2D eigenvalue weighted by molar-refractivity contribution is -0.110. The highest BCUT2D eigenvalue weighted by atomic mass is 16.1. The van der Waals surface area contributed by atoms with Crippen LogP contribution in [0.1, 0.15) is 30.4 Å². The minimum Gasteiger partial charge on any atom is -0.353 e. The summed E-state index contributed by atoms with van der Waals surface area (Å²) >= 11 is 0. The standard InChI is InChI=1S/C13H17NO/c1-11-4-2-3-5-12(11)6-7-13(8-9-13)14-10-15/h2-5,10H,6-9H2,1H3,(H,14,15). The van der Waals surface area contributed by atoms with Crippen molar-refractivity contribution in [1.82, 2.24) is 5.32 Å². The van der Waals surface area contributed by atoms with E-state index < -0.39 is 0 Å². The van der Waals surface area contributed by atoms with Gasteiger partial charge in [-0.25, -0.2) is 0 Å². The Morgan fingerprint density at radius 2 is 2.13 bits per heavy atom. The van der Waals surface area contributed by atoms with Gasteiger partial charge < -0.3 is 5.32 Å². The molecule has 0 aromatic heterocycles. The summed E-state index contributed by atoms with van der Waals surface area (Å²) in [6.45, 7) is 2.14. The predicted molar refractivity (Wildman–Crippen MR) is 60.7 cm³/mol. The maximum absolute atomic E-state index is 10.4. The topological polar surface area (TPSA) is 29.1 Å². The number of nitrogens with one attached hydrogen (secondary N) is 1. The van der Waals surface area contributed by atoms with Gasteiger partial charge in [0.1, 0.15) is 0 Å². The summed E-state index contributed by atoms with van der Waals surface area (Å²) in [4.78, 5) is 10.4. The third kappa shape index (κ3) is 2.38. The van der Waals surface area contributed by atoms with E-state index in [1.165, 1.54) is 11.1 Å². The minimum atomic E-state index is 0.129. The van der Waals surface area contributed by atoms with Crippen LogP contribution in [0.25, 0.3) is 0 Å². The zero-order valence-corrected chi connectivity index (χ0v) is 9.12. The summed E-state index contributed by atoms with van der Waals surface area (Å²) in [5.41, 5.74) is 2.88. The van der Waals surface area contributed by atoms with E-state index in [2.05, 4.69) is 36.5 Å². The summed E-state index contributed by atoms with van der Waals surface area (Å²) in [7, 11) is 0. The molecule has 80 valence electrons. The summed E-state index contributed by atoms with van der Waals surface area (Å²) in [6, 6.07) is 8.46. The van der Waals surface area contributed by atoms with Gasteiger partial charge in [0, 0.05) is 5.54 Å². The number of amides is 1.